The van der Waals surface area contributed by atoms with Crippen LogP contribution in [-0.2, 0) is 0 Å². The summed E-state index contributed by atoms with van der Waals surface area (Å²) in [5, 5.41) is 7.05. The van der Waals surface area contributed by atoms with Crippen LogP contribution in [0.5, 0.6) is 0 Å². The summed E-state index contributed by atoms with van der Waals surface area (Å²) in [4.78, 5) is 11.9. The fourth-order valence-corrected chi connectivity index (χ4v) is 4.17. The number of rotatable bonds is 7. The summed E-state index contributed by atoms with van der Waals surface area (Å²) < 4.78 is 5.75. The summed E-state index contributed by atoms with van der Waals surface area (Å²) in [6.07, 6.45) is 5.65. The Morgan fingerprint density at radius 3 is 2.39 bits per heavy atom. The molecule has 2 saturated heterocycles. The van der Waals surface area contributed by atoms with Crippen molar-refractivity contribution in [1.82, 2.24) is 25.3 Å². The first kappa shape index (κ1) is 21.1. The van der Waals surface area contributed by atoms with Gasteiger partial charge >= 0.3 is 0 Å². The van der Waals surface area contributed by atoms with Crippen molar-refractivity contribution in [2.45, 2.75) is 38.3 Å². The monoisotopic (exact) mass is 390 g/mol. The Hall–Kier alpha value is -1.57. The van der Waals surface area contributed by atoms with Crippen LogP contribution in [0.15, 0.2) is 27.8 Å². The standard InChI is InChI=1S/C21H38N6O/c1-18(26-13-11-25(3)12-14-26)16-23-21(22-2)24-17-19(20-8-7-15-28-20)27-9-5-4-6-10-27/h7-8,15,18-19H,4-6,9-14,16-17H2,1-3H3,(H2,22,23,24). The molecule has 28 heavy (non-hydrogen) atoms. The first-order chi connectivity index (χ1) is 13.7. The quantitative estimate of drug-likeness (QED) is 0.545. The summed E-state index contributed by atoms with van der Waals surface area (Å²) in [5.74, 6) is 1.91. The van der Waals surface area contributed by atoms with Gasteiger partial charge in [-0.3, -0.25) is 14.8 Å². The highest BCUT2D eigenvalue weighted by Crippen LogP contribution is 2.24. The molecule has 3 heterocycles. The van der Waals surface area contributed by atoms with Gasteiger partial charge in [0.15, 0.2) is 5.96 Å². The van der Waals surface area contributed by atoms with E-state index in [-0.39, 0.29) is 6.04 Å². The zero-order chi connectivity index (χ0) is 19.8. The Balaban J connectivity index is 1.48. The van der Waals surface area contributed by atoms with Crippen LogP contribution in [0.2, 0.25) is 0 Å². The van der Waals surface area contributed by atoms with Crippen LogP contribution >= 0.6 is 0 Å². The molecule has 7 heteroatoms. The van der Waals surface area contributed by atoms with Gasteiger partial charge in [0, 0.05) is 52.4 Å². The maximum absolute atomic E-state index is 5.75. The highest BCUT2D eigenvalue weighted by atomic mass is 16.3. The minimum absolute atomic E-state index is 0.254. The second-order valence-corrected chi connectivity index (χ2v) is 8.15. The maximum Gasteiger partial charge on any atom is 0.191 e. The normalized spacial score (nSPS) is 22.8. The third kappa shape index (κ3) is 5.96. The van der Waals surface area contributed by atoms with Crippen LogP contribution in [0, 0.1) is 0 Å². The maximum atomic E-state index is 5.75. The van der Waals surface area contributed by atoms with Gasteiger partial charge in [0.2, 0.25) is 0 Å². The third-order valence-electron chi connectivity index (χ3n) is 6.12. The van der Waals surface area contributed by atoms with Crippen molar-refractivity contribution < 1.29 is 4.42 Å². The lowest BCUT2D eigenvalue weighted by Crippen LogP contribution is -2.52. The number of piperidine rings is 1. The molecule has 0 radical (unpaired) electrons. The molecule has 2 fully saturated rings. The predicted octanol–water partition coefficient (Wildman–Crippen LogP) is 1.61. The summed E-state index contributed by atoms with van der Waals surface area (Å²) in [7, 11) is 4.04. The molecular formula is C21H38N6O. The van der Waals surface area contributed by atoms with Gasteiger partial charge in [-0.15, -0.1) is 0 Å². The highest BCUT2D eigenvalue weighted by Gasteiger charge is 2.25. The highest BCUT2D eigenvalue weighted by molar-refractivity contribution is 5.79. The number of aliphatic imine (C=N–C) groups is 1. The average Bonchev–Trinajstić information content (AvgIpc) is 3.26. The molecule has 7 nitrogen and oxygen atoms in total. The lowest BCUT2D eigenvalue weighted by molar-refractivity contribution is 0.120. The Morgan fingerprint density at radius 1 is 1.04 bits per heavy atom. The molecule has 1 aromatic rings. The fraction of sp³-hybridized carbons (Fsp3) is 0.762. The second kappa shape index (κ2) is 10.8. The van der Waals surface area contributed by atoms with Gasteiger partial charge in [0.25, 0.3) is 0 Å². The minimum atomic E-state index is 0.254. The van der Waals surface area contributed by atoms with Crippen molar-refractivity contribution >= 4 is 5.96 Å². The number of hydrogen-bond donors (Lipinski definition) is 2. The summed E-state index contributed by atoms with van der Waals surface area (Å²) in [6, 6.07) is 4.82. The Labute approximate surface area is 170 Å². The van der Waals surface area contributed by atoms with E-state index < -0.39 is 0 Å². The molecule has 0 spiro atoms. The minimum Gasteiger partial charge on any atom is -0.468 e. The smallest absolute Gasteiger partial charge is 0.191 e. The van der Waals surface area contributed by atoms with E-state index >= 15 is 0 Å². The third-order valence-corrected chi connectivity index (χ3v) is 6.12. The van der Waals surface area contributed by atoms with Crippen LogP contribution in [0.4, 0.5) is 0 Å². The van der Waals surface area contributed by atoms with E-state index in [0.717, 1.165) is 64.1 Å². The SMILES string of the molecule is CN=C(NCC(C)N1CCN(C)CC1)NCC(c1ccco1)N1CCCCC1. The molecule has 0 aromatic carbocycles. The number of guanidine groups is 1. The van der Waals surface area contributed by atoms with E-state index in [1.807, 2.05) is 13.1 Å². The van der Waals surface area contributed by atoms with Gasteiger partial charge in [-0.2, -0.15) is 0 Å². The zero-order valence-electron chi connectivity index (χ0n) is 17.9. The van der Waals surface area contributed by atoms with Crippen LogP contribution in [-0.4, -0.2) is 93.2 Å². The zero-order valence-corrected chi connectivity index (χ0v) is 17.9. The molecule has 0 amide bonds. The van der Waals surface area contributed by atoms with Gasteiger partial charge < -0.3 is 20.0 Å². The van der Waals surface area contributed by atoms with Gasteiger partial charge in [-0.05, 0) is 52.0 Å². The largest absolute Gasteiger partial charge is 0.468 e. The summed E-state index contributed by atoms with van der Waals surface area (Å²) in [5.41, 5.74) is 0. The molecule has 0 aliphatic carbocycles. The van der Waals surface area contributed by atoms with E-state index in [2.05, 4.69) is 50.4 Å². The molecule has 2 aliphatic rings. The molecule has 0 bridgehead atoms. The van der Waals surface area contributed by atoms with Crippen molar-refractivity contribution in [2.75, 3.05) is 66.5 Å². The molecule has 0 saturated carbocycles. The molecule has 2 N–H and O–H groups in total. The molecule has 3 rings (SSSR count). The van der Waals surface area contributed by atoms with E-state index in [9.17, 15) is 0 Å². The fourth-order valence-electron chi connectivity index (χ4n) is 4.17. The van der Waals surface area contributed by atoms with Crippen LogP contribution in [0.25, 0.3) is 0 Å². The topological polar surface area (TPSA) is 59.3 Å². The second-order valence-electron chi connectivity index (χ2n) is 8.15. The van der Waals surface area contributed by atoms with E-state index in [1.54, 1.807) is 6.26 Å². The number of hydrogen-bond acceptors (Lipinski definition) is 5. The van der Waals surface area contributed by atoms with E-state index in [4.69, 9.17) is 4.42 Å². The van der Waals surface area contributed by atoms with Crippen molar-refractivity contribution in [1.29, 1.82) is 0 Å². The van der Waals surface area contributed by atoms with Gasteiger partial charge in [0.05, 0.1) is 12.3 Å². The van der Waals surface area contributed by atoms with Crippen molar-refractivity contribution in [3.63, 3.8) is 0 Å². The van der Waals surface area contributed by atoms with Gasteiger partial charge in [0.1, 0.15) is 5.76 Å². The average molecular weight is 391 g/mol. The molecule has 2 unspecified atom stereocenters. The Morgan fingerprint density at radius 2 is 1.75 bits per heavy atom. The van der Waals surface area contributed by atoms with Crippen LogP contribution < -0.4 is 10.6 Å². The molecule has 1 aromatic heterocycles. The first-order valence-corrected chi connectivity index (χ1v) is 10.8. The number of likely N-dealkylation sites (N-methyl/N-ethyl adjacent to an activating group) is 1. The Kier molecular flexibility index (Phi) is 8.18. The molecule has 2 aliphatic heterocycles. The van der Waals surface area contributed by atoms with E-state index in [1.165, 1.54) is 19.3 Å². The number of furan rings is 1. The number of piperazine rings is 1. The van der Waals surface area contributed by atoms with Crippen LogP contribution in [0.3, 0.4) is 0 Å². The van der Waals surface area contributed by atoms with Gasteiger partial charge in [-0.25, -0.2) is 0 Å². The Bertz CT molecular complexity index is 576. The lowest BCUT2D eigenvalue weighted by Gasteiger charge is -2.36. The van der Waals surface area contributed by atoms with Crippen molar-refractivity contribution in [2.24, 2.45) is 4.99 Å². The van der Waals surface area contributed by atoms with Crippen LogP contribution in [0.1, 0.15) is 38.0 Å². The van der Waals surface area contributed by atoms with Crippen molar-refractivity contribution in [3.05, 3.63) is 24.2 Å². The lowest BCUT2D eigenvalue weighted by atomic mass is 10.1. The number of nitrogens with one attached hydrogen (secondary N) is 2. The number of nitrogens with zero attached hydrogens (tertiary/aromatic N) is 4. The molecular weight excluding hydrogens is 352 g/mol. The number of likely N-dealkylation sites (tertiary alicyclic amines) is 1. The first-order valence-electron chi connectivity index (χ1n) is 10.8. The summed E-state index contributed by atoms with van der Waals surface area (Å²) in [6.45, 7) is 10.9. The summed E-state index contributed by atoms with van der Waals surface area (Å²) >= 11 is 0. The van der Waals surface area contributed by atoms with E-state index in [0.29, 0.717) is 6.04 Å². The predicted molar refractivity (Wildman–Crippen MR) is 115 cm³/mol. The van der Waals surface area contributed by atoms with Gasteiger partial charge in [-0.1, -0.05) is 6.42 Å². The molecule has 2 atom stereocenters. The van der Waals surface area contributed by atoms with Crippen molar-refractivity contribution in [3.8, 4) is 0 Å². The molecule has 158 valence electrons.